The molecule has 2 rings (SSSR count). The molecule has 2 N–H and O–H groups in total. The molecule has 1 aromatic heterocycles. The van der Waals surface area contributed by atoms with Gasteiger partial charge in [0.1, 0.15) is 0 Å². The number of thiophene rings is 1. The lowest BCUT2D eigenvalue weighted by Gasteiger charge is -1.89. The van der Waals surface area contributed by atoms with Crippen LogP contribution in [0.25, 0.3) is 10.1 Å². The fourth-order valence-corrected chi connectivity index (χ4v) is 2.42. The van der Waals surface area contributed by atoms with E-state index in [2.05, 4.69) is 12.1 Å². The fraction of sp³-hybridized carbons (Fsp3) is 0.111. The van der Waals surface area contributed by atoms with Crippen molar-refractivity contribution >= 4 is 33.0 Å². The first-order valence-corrected chi connectivity index (χ1v) is 4.87. The van der Waals surface area contributed by atoms with Crippen LogP contribution in [0.5, 0.6) is 0 Å². The summed E-state index contributed by atoms with van der Waals surface area (Å²) in [6.45, 7) is 0.593. The first-order valence-electron chi connectivity index (χ1n) is 3.68. The number of benzene rings is 1. The van der Waals surface area contributed by atoms with Crippen LogP contribution in [0.1, 0.15) is 4.88 Å². The number of rotatable bonds is 1. The first-order chi connectivity index (χ1) is 5.81. The van der Waals surface area contributed by atoms with Gasteiger partial charge in [-0.05, 0) is 17.5 Å². The molecule has 62 valence electrons. The van der Waals surface area contributed by atoms with E-state index in [9.17, 15) is 0 Å². The minimum Gasteiger partial charge on any atom is -0.326 e. The van der Waals surface area contributed by atoms with E-state index in [1.54, 1.807) is 11.3 Å². The molecule has 1 heterocycles. The van der Waals surface area contributed by atoms with E-state index < -0.39 is 0 Å². The number of halogens is 1. The summed E-state index contributed by atoms with van der Waals surface area (Å²) in [7, 11) is 0. The van der Waals surface area contributed by atoms with Gasteiger partial charge in [-0.2, -0.15) is 0 Å². The first kappa shape index (κ1) is 8.05. The normalized spacial score (nSPS) is 10.8. The Bertz CT molecular complexity index is 408. The molecule has 0 fully saturated rings. The Balaban J connectivity index is 2.74. The molecule has 0 atom stereocenters. The molecule has 0 amide bonds. The quantitative estimate of drug-likeness (QED) is 0.748. The van der Waals surface area contributed by atoms with Crippen LogP contribution < -0.4 is 5.73 Å². The molecule has 2 aromatic rings. The van der Waals surface area contributed by atoms with Crippen LogP contribution in [-0.4, -0.2) is 0 Å². The molecule has 3 heteroatoms. The molecule has 0 saturated heterocycles. The SMILES string of the molecule is NCc1cc2cccc(Cl)c2s1. The van der Waals surface area contributed by atoms with E-state index in [4.69, 9.17) is 17.3 Å². The van der Waals surface area contributed by atoms with Crippen LogP contribution in [0.15, 0.2) is 24.3 Å². The van der Waals surface area contributed by atoms with Gasteiger partial charge in [-0.1, -0.05) is 23.7 Å². The third-order valence-electron chi connectivity index (χ3n) is 1.75. The zero-order chi connectivity index (χ0) is 8.55. The van der Waals surface area contributed by atoms with Gasteiger partial charge < -0.3 is 5.73 Å². The lowest BCUT2D eigenvalue weighted by atomic mass is 10.2. The van der Waals surface area contributed by atoms with Gasteiger partial charge in [0, 0.05) is 11.4 Å². The van der Waals surface area contributed by atoms with Crippen molar-refractivity contribution in [2.24, 2.45) is 5.73 Å². The number of hydrogen-bond acceptors (Lipinski definition) is 2. The van der Waals surface area contributed by atoms with Gasteiger partial charge in [0.25, 0.3) is 0 Å². The molecule has 1 aromatic carbocycles. The minimum absolute atomic E-state index is 0.593. The molecule has 0 unspecified atom stereocenters. The van der Waals surface area contributed by atoms with Gasteiger partial charge in [0.05, 0.1) is 9.72 Å². The highest BCUT2D eigenvalue weighted by molar-refractivity contribution is 7.19. The molecular formula is C9H8ClNS. The average molecular weight is 198 g/mol. The van der Waals surface area contributed by atoms with Crippen molar-refractivity contribution in [2.75, 3.05) is 0 Å². The second kappa shape index (κ2) is 3.05. The Morgan fingerprint density at radius 1 is 1.42 bits per heavy atom. The van der Waals surface area contributed by atoms with Gasteiger partial charge in [-0.3, -0.25) is 0 Å². The van der Waals surface area contributed by atoms with Crippen LogP contribution >= 0.6 is 22.9 Å². The standard InChI is InChI=1S/C9H8ClNS/c10-8-3-1-2-6-4-7(5-11)12-9(6)8/h1-4H,5,11H2. The van der Waals surface area contributed by atoms with E-state index in [0.29, 0.717) is 6.54 Å². The molecule has 0 saturated carbocycles. The van der Waals surface area contributed by atoms with Gasteiger partial charge in [0.2, 0.25) is 0 Å². The topological polar surface area (TPSA) is 26.0 Å². The van der Waals surface area contributed by atoms with Gasteiger partial charge in [0.15, 0.2) is 0 Å². The summed E-state index contributed by atoms with van der Waals surface area (Å²) < 4.78 is 1.14. The van der Waals surface area contributed by atoms with Crippen LogP contribution in [-0.2, 0) is 6.54 Å². The Labute approximate surface area is 79.8 Å². The summed E-state index contributed by atoms with van der Waals surface area (Å²) in [6.07, 6.45) is 0. The summed E-state index contributed by atoms with van der Waals surface area (Å²) in [5.74, 6) is 0. The lowest BCUT2D eigenvalue weighted by molar-refractivity contribution is 1.11. The third-order valence-corrected chi connectivity index (χ3v) is 3.38. The maximum atomic E-state index is 6.00. The van der Waals surface area contributed by atoms with Crippen molar-refractivity contribution in [3.63, 3.8) is 0 Å². The van der Waals surface area contributed by atoms with E-state index in [0.717, 1.165) is 9.72 Å². The minimum atomic E-state index is 0.593. The largest absolute Gasteiger partial charge is 0.326 e. The number of hydrogen-bond donors (Lipinski definition) is 1. The van der Waals surface area contributed by atoms with Crippen molar-refractivity contribution in [1.82, 2.24) is 0 Å². The Morgan fingerprint density at radius 2 is 2.25 bits per heavy atom. The molecule has 0 aliphatic rings. The van der Waals surface area contributed by atoms with Crippen molar-refractivity contribution in [3.8, 4) is 0 Å². The summed E-state index contributed by atoms with van der Waals surface area (Å²) in [6, 6.07) is 8.00. The molecular weight excluding hydrogens is 190 g/mol. The van der Waals surface area contributed by atoms with Crippen molar-refractivity contribution in [1.29, 1.82) is 0 Å². The van der Waals surface area contributed by atoms with Crippen LogP contribution in [0.4, 0.5) is 0 Å². The Kier molecular flexibility index (Phi) is 2.05. The van der Waals surface area contributed by atoms with Crippen LogP contribution in [0.2, 0.25) is 5.02 Å². The second-order valence-electron chi connectivity index (χ2n) is 2.58. The molecule has 0 aliphatic heterocycles. The van der Waals surface area contributed by atoms with E-state index in [-0.39, 0.29) is 0 Å². The van der Waals surface area contributed by atoms with Gasteiger partial charge in [-0.25, -0.2) is 0 Å². The molecule has 0 aliphatic carbocycles. The summed E-state index contributed by atoms with van der Waals surface area (Å²) >= 11 is 7.66. The summed E-state index contributed by atoms with van der Waals surface area (Å²) in [5.41, 5.74) is 5.53. The Morgan fingerprint density at radius 3 is 2.92 bits per heavy atom. The predicted octanol–water partition coefficient (Wildman–Crippen LogP) is 3.01. The van der Waals surface area contributed by atoms with Crippen molar-refractivity contribution in [2.45, 2.75) is 6.54 Å². The Hall–Kier alpha value is -0.570. The molecule has 12 heavy (non-hydrogen) atoms. The number of nitrogens with two attached hydrogens (primary N) is 1. The maximum absolute atomic E-state index is 6.00. The average Bonchev–Trinajstić information content (AvgIpc) is 2.49. The molecule has 1 nitrogen and oxygen atoms in total. The highest BCUT2D eigenvalue weighted by Crippen LogP contribution is 2.31. The van der Waals surface area contributed by atoms with Gasteiger partial charge in [-0.15, -0.1) is 11.3 Å². The molecule has 0 bridgehead atoms. The lowest BCUT2D eigenvalue weighted by Crippen LogP contribution is -1.90. The predicted molar refractivity (Wildman–Crippen MR) is 54.7 cm³/mol. The summed E-state index contributed by atoms with van der Waals surface area (Å²) in [4.78, 5) is 1.18. The highest BCUT2D eigenvalue weighted by atomic mass is 35.5. The smallest absolute Gasteiger partial charge is 0.0584 e. The van der Waals surface area contributed by atoms with Crippen molar-refractivity contribution in [3.05, 3.63) is 34.2 Å². The van der Waals surface area contributed by atoms with Gasteiger partial charge >= 0.3 is 0 Å². The van der Waals surface area contributed by atoms with Crippen LogP contribution in [0.3, 0.4) is 0 Å². The zero-order valence-electron chi connectivity index (χ0n) is 6.38. The summed E-state index contributed by atoms with van der Waals surface area (Å²) in [5, 5.41) is 2.00. The van der Waals surface area contributed by atoms with Crippen molar-refractivity contribution < 1.29 is 0 Å². The van der Waals surface area contributed by atoms with E-state index >= 15 is 0 Å². The zero-order valence-corrected chi connectivity index (χ0v) is 7.95. The second-order valence-corrected chi connectivity index (χ2v) is 4.12. The maximum Gasteiger partial charge on any atom is 0.0584 e. The third kappa shape index (κ3) is 1.22. The monoisotopic (exact) mass is 197 g/mol. The molecule has 0 radical (unpaired) electrons. The molecule has 0 spiro atoms. The van der Waals surface area contributed by atoms with E-state index in [1.807, 2.05) is 12.1 Å². The van der Waals surface area contributed by atoms with E-state index in [1.165, 1.54) is 10.3 Å². The fourth-order valence-electron chi connectivity index (χ4n) is 1.18. The number of fused-ring (bicyclic) bond motifs is 1. The highest BCUT2D eigenvalue weighted by Gasteiger charge is 2.02. The van der Waals surface area contributed by atoms with Crippen LogP contribution in [0, 0.1) is 0 Å².